The van der Waals surface area contributed by atoms with Crippen LogP contribution >= 0.6 is 0 Å². The van der Waals surface area contributed by atoms with Crippen LogP contribution in [0.1, 0.15) is 46.5 Å². The highest BCUT2D eigenvalue weighted by Gasteiger charge is 2.42. The first kappa shape index (κ1) is 31.2. The maximum absolute atomic E-state index is 15.4. The van der Waals surface area contributed by atoms with Crippen LogP contribution in [-0.2, 0) is 4.79 Å². The molecule has 8 unspecified atom stereocenters. The van der Waals surface area contributed by atoms with E-state index in [2.05, 4.69) is 56.9 Å². The van der Waals surface area contributed by atoms with E-state index in [1.165, 1.54) is 6.20 Å². The van der Waals surface area contributed by atoms with Gasteiger partial charge in [0.05, 0.1) is 24.2 Å². The number of allylic oxidation sites excluding steroid dienone is 2. The van der Waals surface area contributed by atoms with Gasteiger partial charge < -0.3 is 31.9 Å². The van der Waals surface area contributed by atoms with Crippen LogP contribution in [0.3, 0.4) is 0 Å². The first-order chi connectivity index (χ1) is 19.2. The van der Waals surface area contributed by atoms with Gasteiger partial charge in [0.25, 0.3) is 0 Å². The number of nitrogens with zero attached hydrogens (tertiary/aromatic N) is 3. The lowest BCUT2D eigenvalue weighted by Gasteiger charge is -2.50. The number of amides is 1. The zero-order valence-corrected chi connectivity index (χ0v) is 24.8. The number of rotatable bonds is 7. The summed E-state index contributed by atoms with van der Waals surface area (Å²) in [5, 5.41) is 12.8. The summed E-state index contributed by atoms with van der Waals surface area (Å²) in [4.78, 5) is 20.9. The average Bonchev–Trinajstić information content (AvgIpc) is 2.92. The third-order valence-electron chi connectivity index (χ3n) is 9.23. The van der Waals surface area contributed by atoms with Crippen molar-refractivity contribution >= 4 is 5.91 Å². The van der Waals surface area contributed by atoms with Crippen LogP contribution in [0.2, 0.25) is 0 Å². The third kappa shape index (κ3) is 7.73. The number of nitrogens with two attached hydrogens (primary N) is 1. The Hall–Kier alpha value is -1.79. The van der Waals surface area contributed by atoms with Crippen molar-refractivity contribution in [2.45, 2.75) is 83.0 Å². The SMILES string of the molecule is CCCCC(C)/C1=C/CC(F)CNC(C)C(C(=O)NC2CNC=C(F)C2N2CCN3CCN(C)CC3C2)C(N)N1. The van der Waals surface area contributed by atoms with E-state index >= 15 is 4.39 Å². The maximum Gasteiger partial charge on any atom is 0.228 e. The summed E-state index contributed by atoms with van der Waals surface area (Å²) in [7, 11) is 2.13. The van der Waals surface area contributed by atoms with Gasteiger partial charge in [-0.25, -0.2) is 8.78 Å². The first-order valence-electron chi connectivity index (χ1n) is 15.3. The van der Waals surface area contributed by atoms with Gasteiger partial charge in [-0.05, 0) is 32.7 Å². The Morgan fingerprint density at radius 2 is 1.95 bits per heavy atom. The predicted octanol–water partition coefficient (Wildman–Crippen LogP) is 1.11. The highest BCUT2D eigenvalue weighted by atomic mass is 19.1. The number of nitrogens with one attached hydrogen (secondary N) is 4. The summed E-state index contributed by atoms with van der Waals surface area (Å²) in [6.07, 6.45) is 5.02. The molecule has 4 heterocycles. The molecule has 2 fully saturated rings. The van der Waals surface area contributed by atoms with Crippen molar-refractivity contribution in [2.24, 2.45) is 17.6 Å². The molecule has 4 aliphatic rings. The molecule has 0 aromatic heterocycles. The Kier molecular flexibility index (Phi) is 11.2. The molecule has 0 aromatic rings. The van der Waals surface area contributed by atoms with Crippen molar-refractivity contribution in [2.75, 3.05) is 59.4 Å². The fraction of sp³-hybridized carbons (Fsp3) is 0.828. The molecule has 0 spiro atoms. The largest absolute Gasteiger partial charge is 0.387 e. The molecular weight excluding hydrogens is 514 g/mol. The van der Waals surface area contributed by atoms with Gasteiger partial charge in [-0.3, -0.25) is 14.6 Å². The van der Waals surface area contributed by atoms with Gasteiger partial charge in [-0.1, -0.05) is 32.8 Å². The number of hydrogen-bond donors (Lipinski definition) is 5. The van der Waals surface area contributed by atoms with E-state index in [1.807, 2.05) is 13.0 Å². The van der Waals surface area contributed by atoms with Crippen molar-refractivity contribution < 1.29 is 13.6 Å². The van der Waals surface area contributed by atoms with Crippen molar-refractivity contribution in [3.05, 3.63) is 23.8 Å². The Morgan fingerprint density at radius 1 is 1.20 bits per heavy atom. The van der Waals surface area contributed by atoms with Gasteiger partial charge in [-0.2, -0.15) is 0 Å². The zero-order chi connectivity index (χ0) is 28.8. The molecule has 4 aliphatic heterocycles. The van der Waals surface area contributed by atoms with Gasteiger partial charge in [0.2, 0.25) is 5.91 Å². The Bertz CT molecular complexity index is 903. The van der Waals surface area contributed by atoms with Crippen LogP contribution in [0, 0.1) is 11.8 Å². The maximum atomic E-state index is 15.4. The van der Waals surface area contributed by atoms with Crippen LogP contribution in [0.15, 0.2) is 23.8 Å². The number of halogens is 2. The summed E-state index contributed by atoms with van der Waals surface area (Å²) in [5.41, 5.74) is 7.58. The standard InChI is InChI=1S/C29H52F2N8O/c1-5-6-7-19(2)24-9-8-21(30)14-34-20(3)26(28(32)35-24)29(40)36-25-16-33-15-23(31)27(25)39-13-12-38-11-10-37(4)17-22(38)18-39/h9,15,19-22,25-28,33-35H,5-8,10-14,16-18,32H2,1-4H3,(H,36,40)/b24-9-. The molecule has 40 heavy (non-hydrogen) atoms. The normalized spacial score (nSPS) is 37.1. The monoisotopic (exact) mass is 566 g/mol. The molecule has 4 rings (SSSR count). The minimum Gasteiger partial charge on any atom is -0.387 e. The number of fused-ring (bicyclic) bond motifs is 1. The van der Waals surface area contributed by atoms with Gasteiger partial charge in [-0.15, -0.1) is 0 Å². The molecule has 0 aromatic carbocycles. The molecule has 2 saturated heterocycles. The predicted molar refractivity (Wildman–Crippen MR) is 156 cm³/mol. The van der Waals surface area contributed by atoms with Gasteiger partial charge in [0.15, 0.2) is 0 Å². The van der Waals surface area contributed by atoms with E-state index in [9.17, 15) is 9.18 Å². The third-order valence-corrected chi connectivity index (χ3v) is 9.23. The second-order valence-corrected chi connectivity index (χ2v) is 12.4. The fourth-order valence-corrected chi connectivity index (χ4v) is 6.73. The van der Waals surface area contributed by atoms with Crippen molar-refractivity contribution in [3.8, 4) is 0 Å². The van der Waals surface area contributed by atoms with Crippen molar-refractivity contribution in [3.63, 3.8) is 0 Å². The van der Waals surface area contributed by atoms with E-state index < -0.39 is 30.3 Å². The van der Waals surface area contributed by atoms with E-state index in [1.54, 1.807) is 0 Å². The summed E-state index contributed by atoms with van der Waals surface area (Å²) in [6.45, 7) is 12.2. The number of carbonyl (C=O) groups excluding carboxylic acids is 1. The molecule has 9 nitrogen and oxygen atoms in total. The molecule has 11 heteroatoms. The topological polar surface area (TPSA) is 101 Å². The average molecular weight is 567 g/mol. The molecule has 0 bridgehead atoms. The molecule has 1 amide bonds. The van der Waals surface area contributed by atoms with Gasteiger partial charge in [0, 0.05) is 76.3 Å². The van der Waals surface area contributed by atoms with E-state index in [4.69, 9.17) is 5.73 Å². The lowest BCUT2D eigenvalue weighted by molar-refractivity contribution is -0.128. The van der Waals surface area contributed by atoms with Crippen LogP contribution in [0.5, 0.6) is 0 Å². The highest BCUT2D eigenvalue weighted by molar-refractivity contribution is 5.80. The van der Waals surface area contributed by atoms with Crippen LogP contribution in [0.4, 0.5) is 8.78 Å². The van der Waals surface area contributed by atoms with E-state index in [-0.39, 0.29) is 30.2 Å². The smallest absolute Gasteiger partial charge is 0.228 e. The second-order valence-electron chi connectivity index (χ2n) is 12.4. The van der Waals surface area contributed by atoms with Gasteiger partial charge >= 0.3 is 0 Å². The minimum atomic E-state index is -1.06. The zero-order valence-electron chi connectivity index (χ0n) is 24.8. The molecule has 228 valence electrons. The number of hydrogen-bond acceptors (Lipinski definition) is 8. The van der Waals surface area contributed by atoms with Crippen molar-refractivity contribution in [1.82, 2.24) is 36.0 Å². The number of alkyl halides is 1. The van der Waals surface area contributed by atoms with Crippen LogP contribution < -0.4 is 27.0 Å². The summed E-state index contributed by atoms with van der Waals surface area (Å²) >= 11 is 0. The summed E-state index contributed by atoms with van der Waals surface area (Å²) in [5.74, 6) is -0.998. The molecule has 6 N–H and O–H groups in total. The molecule has 0 radical (unpaired) electrons. The van der Waals surface area contributed by atoms with Crippen LogP contribution in [0.25, 0.3) is 0 Å². The summed E-state index contributed by atoms with van der Waals surface area (Å²) in [6, 6.07) is -1.01. The molecule has 0 aliphatic carbocycles. The van der Waals surface area contributed by atoms with Gasteiger partial charge in [0.1, 0.15) is 12.0 Å². The lowest BCUT2D eigenvalue weighted by Crippen LogP contribution is -2.67. The Balaban J connectivity index is 1.48. The Labute approximate surface area is 239 Å². The first-order valence-corrected chi connectivity index (χ1v) is 15.3. The van der Waals surface area contributed by atoms with Crippen LogP contribution in [-0.4, -0.2) is 117 Å². The Morgan fingerprint density at radius 3 is 2.73 bits per heavy atom. The minimum absolute atomic E-state index is 0.149. The van der Waals surface area contributed by atoms with Crippen molar-refractivity contribution in [1.29, 1.82) is 0 Å². The number of likely N-dealkylation sites (N-methyl/N-ethyl adjacent to an activating group) is 1. The number of unbranched alkanes of at least 4 members (excludes halogenated alkanes) is 1. The number of carbonyl (C=O) groups is 1. The molecule has 8 atom stereocenters. The molecule has 0 saturated carbocycles. The quantitative estimate of drug-likeness (QED) is 0.313. The second kappa shape index (κ2) is 14.4. The van der Waals surface area contributed by atoms with E-state index in [0.29, 0.717) is 19.0 Å². The van der Waals surface area contributed by atoms with E-state index in [0.717, 1.165) is 64.2 Å². The summed E-state index contributed by atoms with van der Waals surface area (Å²) < 4.78 is 30.1. The number of piperazine rings is 2. The fourth-order valence-electron chi connectivity index (χ4n) is 6.73. The highest BCUT2D eigenvalue weighted by Crippen LogP contribution is 2.25. The lowest BCUT2D eigenvalue weighted by atomic mass is 9.92. The molecular formula is C29H52F2N8O.